The van der Waals surface area contributed by atoms with Crippen molar-refractivity contribution in [2.24, 2.45) is 10.9 Å². The van der Waals surface area contributed by atoms with Crippen molar-refractivity contribution in [2.45, 2.75) is 19.8 Å². The van der Waals surface area contributed by atoms with Crippen molar-refractivity contribution in [3.63, 3.8) is 0 Å². The highest BCUT2D eigenvalue weighted by Crippen LogP contribution is 2.29. The second-order valence-corrected chi connectivity index (χ2v) is 4.72. The fourth-order valence-corrected chi connectivity index (χ4v) is 3.01. The molecule has 1 nitrogen and oxygen atoms in total. The first kappa shape index (κ1) is 10.7. The predicted octanol–water partition coefficient (Wildman–Crippen LogP) is 3.18. The van der Waals surface area contributed by atoms with E-state index >= 15 is 0 Å². The SMILES string of the molecule is CCN=C(SC)C1Cc2ccccc2C1. The summed E-state index contributed by atoms with van der Waals surface area (Å²) in [6.07, 6.45) is 4.49. The zero-order valence-corrected chi connectivity index (χ0v) is 10.2. The number of thioether (sulfide) groups is 1. The van der Waals surface area contributed by atoms with Gasteiger partial charge in [-0.1, -0.05) is 24.3 Å². The Morgan fingerprint density at radius 3 is 2.40 bits per heavy atom. The fourth-order valence-electron chi connectivity index (χ4n) is 2.25. The van der Waals surface area contributed by atoms with Gasteiger partial charge in [-0.15, -0.1) is 11.8 Å². The van der Waals surface area contributed by atoms with Crippen LogP contribution in [0.4, 0.5) is 0 Å². The lowest BCUT2D eigenvalue weighted by Crippen LogP contribution is -2.11. The molecule has 0 N–H and O–H groups in total. The maximum Gasteiger partial charge on any atom is 0.0710 e. The van der Waals surface area contributed by atoms with Crippen LogP contribution in [0.2, 0.25) is 0 Å². The molecule has 1 aromatic carbocycles. The van der Waals surface area contributed by atoms with E-state index in [1.807, 2.05) is 11.8 Å². The van der Waals surface area contributed by atoms with Gasteiger partial charge in [0.25, 0.3) is 0 Å². The van der Waals surface area contributed by atoms with E-state index in [2.05, 4.69) is 42.4 Å². The molecule has 0 unspecified atom stereocenters. The molecular formula is C13H17NS. The standard InChI is InChI=1S/C13H17NS/c1-3-14-13(15-2)12-8-10-6-4-5-7-11(10)9-12/h4-7,12H,3,8-9H2,1-2H3. The third kappa shape index (κ3) is 2.25. The van der Waals surface area contributed by atoms with Gasteiger partial charge in [0.1, 0.15) is 0 Å². The molecule has 0 radical (unpaired) electrons. The number of hydrogen-bond acceptors (Lipinski definition) is 2. The molecule has 0 fully saturated rings. The van der Waals surface area contributed by atoms with Gasteiger partial charge in [-0.3, -0.25) is 4.99 Å². The Hall–Kier alpha value is -0.760. The molecule has 0 spiro atoms. The van der Waals surface area contributed by atoms with Crippen molar-refractivity contribution in [1.29, 1.82) is 0 Å². The van der Waals surface area contributed by atoms with Gasteiger partial charge in [0, 0.05) is 12.5 Å². The molecule has 0 atom stereocenters. The Kier molecular flexibility index (Phi) is 3.47. The van der Waals surface area contributed by atoms with E-state index in [9.17, 15) is 0 Å². The van der Waals surface area contributed by atoms with E-state index in [0.29, 0.717) is 5.92 Å². The largest absolute Gasteiger partial charge is 0.283 e. The summed E-state index contributed by atoms with van der Waals surface area (Å²) in [7, 11) is 0. The summed E-state index contributed by atoms with van der Waals surface area (Å²) in [5, 5.41) is 1.33. The molecule has 0 saturated heterocycles. The van der Waals surface area contributed by atoms with Gasteiger partial charge in [-0.2, -0.15) is 0 Å². The highest BCUT2D eigenvalue weighted by molar-refractivity contribution is 8.13. The summed E-state index contributed by atoms with van der Waals surface area (Å²) >= 11 is 1.81. The first-order chi connectivity index (χ1) is 7.35. The first-order valence-electron chi connectivity index (χ1n) is 5.50. The van der Waals surface area contributed by atoms with E-state index in [4.69, 9.17) is 0 Å². The van der Waals surface area contributed by atoms with Crippen LogP contribution in [-0.2, 0) is 12.8 Å². The van der Waals surface area contributed by atoms with Gasteiger partial charge in [0.2, 0.25) is 0 Å². The zero-order chi connectivity index (χ0) is 10.7. The highest BCUT2D eigenvalue weighted by Gasteiger charge is 2.24. The predicted molar refractivity (Wildman–Crippen MR) is 68.8 cm³/mol. The lowest BCUT2D eigenvalue weighted by Gasteiger charge is -2.10. The minimum atomic E-state index is 0.636. The molecule has 2 rings (SSSR count). The first-order valence-corrected chi connectivity index (χ1v) is 6.72. The number of hydrogen-bond donors (Lipinski definition) is 0. The molecule has 15 heavy (non-hydrogen) atoms. The maximum atomic E-state index is 4.59. The smallest absolute Gasteiger partial charge is 0.0710 e. The quantitative estimate of drug-likeness (QED) is 0.549. The van der Waals surface area contributed by atoms with Crippen LogP contribution in [0.5, 0.6) is 0 Å². The summed E-state index contributed by atoms with van der Waals surface area (Å²) < 4.78 is 0. The van der Waals surface area contributed by atoms with Crippen molar-refractivity contribution in [2.75, 3.05) is 12.8 Å². The zero-order valence-electron chi connectivity index (χ0n) is 9.36. The van der Waals surface area contributed by atoms with Crippen LogP contribution in [0.25, 0.3) is 0 Å². The minimum absolute atomic E-state index is 0.636. The third-order valence-electron chi connectivity index (χ3n) is 2.92. The molecule has 1 aliphatic rings. The van der Waals surface area contributed by atoms with Gasteiger partial charge in [0.15, 0.2) is 0 Å². The van der Waals surface area contributed by atoms with Crippen molar-refractivity contribution >= 4 is 16.8 Å². The summed E-state index contributed by atoms with van der Waals surface area (Å²) in [5.41, 5.74) is 3.03. The monoisotopic (exact) mass is 219 g/mol. The normalized spacial score (nSPS) is 16.8. The third-order valence-corrected chi connectivity index (χ3v) is 3.80. The number of benzene rings is 1. The number of aliphatic imine (C=N–C) groups is 1. The van der Waals surface area contributed by atoms with Crippen molar-refractivity contribution in [3.8, 4) is 0 Å². The number of fused-ring (bicyclic) bond motifs is 1. The molecule has 0 saturated carbocycles. The Morgan fingerprint density at radius 1 is 1.33 bits per heavy atom. The second-order valence-electron chi connectivity index (χ2n) is 3.89. The summed E-state index contributed by atoms with van der Waals surface area (Å²) in [4.78, 5) is 4.59. The van der Waals surface area contributed by atoms with Crippen LogP contribution < -0.4 is 0 Å². The molecule has 0 bridgehead atoms. The molecular weight excluding hydrogens is 202 g/mol. The maximum absolute atomic E-state index is 4.59. The lowest BCUT2D eigenvalue weighted by molar-refractivity contribution is 0.756. The van der Waals surface area contributed by atoms with Gasteiger partial charge < -0.3 is 0 Å². The van der Waals surface area contributed by atoms with Gasteiger partial charge in [-0.05, 0) is 37.1 Å². The molecule has 0 aromatic heterocycles. The van der Waals surface area contributed by atoms with Gasteiger partial charge >= 0.3 is 0 Å². The molecule has 0 aliphatic heterocycles. The minimum Gasteiger partial charge on any atom is -0.283 e. The van der Waals surface area contributed by atoms with Crippen LogP contribution in [-0.4, -0.2) is 17.8 Å². The van der Waals surface area contributed by atoms with Crippen LogP contribution in [0.15, 0.2) is 29.3 Å². The van der Waals surface area contributed by atoms with Gasteiger partial charge in [-0.25, -0.2) is 0 Å². The number of nitrogens with zero attached hydrogens (tertiary/aromatic N) is 1. The Balaban J connectivity index is 2.15. The van der Waals surface area contributed by atoms with E-state index in [1.165, 1.54) is 29.0 Å². The topological polar surface area (TPSA) is 12.4 Å². The van der Waals surface area contributed by atoms with Crippen LogP contribution in [0.3, 0.4) is 0 Å². The Labute approximate surface area is 96.0 Å². The molecule has 2 heteroatoms. The lowest BCUT2D eigenvalue weighted by atomic mass is 10.1. The van der Waals surface area contributed by atoms with Crippen LogP contribution >= 0.6 is 11.8 Å². The van der Waals surface area contributed by atoms with Crippen molar-refractivity contribution in [1.82, 2.24) is 0 Å². The summed E-state index contributed by atoms with van der Waals surface area (Å²) in [5.74, 6) is 0.636. The number of rotatable bonds is 2. The van der Waals surface area contributed by atoms with Gasteiger partial charge in [0.05, 0.1) is 5.04 Å². The molecule has 80 valence electrons. The molecule has 1 aliphatic carbocycles. The van der Waals surface area contributed by atoms with E-state index in [-0.39, 0.29) is 0 Å². The molecule has 0 amide bonds. The van der Waals surface area contributed by atoms with E-state index in [1.54, 1.807) is 0 Å². The Bertz CT molecular complexity index is 346. The van der Waals surface area contributed by atoms with Crippen LogP contribution in [0, 0.1) is 5.92 Å². The summed E-state index contributed by atoms with van der Waals surface area (Å²) in [6, 6.07) is 8.77. The Morgan fingerprint density at radius 2 is 1.93 bits per heavy atom. The molecule has 1 aromatic rings. The average molecular weight is 219 g/mol. The van der Waals surface area contributed by atoms with Crippen molar-refractivity contribution in [3.05, 3.63) is 35.4 Å². The molecule has 0 heterocycles. The highest BCUT2D eigenvalue weighted by atomic mass is 32.2. The van der Waals surface area contributed by atoms with E-state index < -0.39 is 0 Å². The van der Waals surface area contributed by atoms with Crippen molar-refractivity contribution < 1.29 is 0 Å². The van der Waals surface area contributed by atoms with Crippen LogP contribution in [0.1, 0.15) is 18.1 Å². The average Bonchev–Trinajstić information content (AvgIpc) is 2.69. The fraction of sp³-hybridized carbons (Fsp3) is 0.462. The van der Waals surface area contributed by atoms with E-state index in [0.717, 1.165) is 6.54 Å². The second kappa shape index (κ2) is 4.84. The summed E-state index contributed by atoms with van der Waals surface area (Å²) in [6.45, 7) is 3.02.